The van der Waals surface area contributed by atoms with Crippen molar-refractivity contribution >= 4 is 21.6 Å². The molecule has 0 atom stereocenters. The second-order valence-electron chi connectivity index (χ2n) is 4.78. The first-order valence-corrected chi connectivity index (χ1v) is 7.64. The number of nitrogens with zero attached hydrogens (tertiary/aromatic N) is 1. The monoisotopic (exact) mass is 283 g/mol. The minimum absolute atomic E-state index is 0.917. The molecule has 0 radical (unpaired) electrons. The van der Waals surface area contributed by atoms with E-state index >= 15 is 0 Å². The van der Waals surface area contributed by atoms with Crippen LogP contribution in [0.25, 0.3) is 10.2 Å². The predicted octanol–water partition coefficient (Wildman–Crippen LogP) is 4.48. The SMILES string of the molecule is COc1ccc(CCCc2nc3ccccc3s2)cc1. The molecule has 1 aromatic heterocycles. The van der Waals surface area contributed by atoms with Crippen molar-refractivity contribution in [2.45, 2.75) is 19.3 Å². The van der Waals surface area contributed by atoms with Crippen LogP contribution in [-0.2, 0) is 12.8 Å². The topological polar surface area (TPSA) is 22.1 Å². The summed E-state index contributed by atoms with van der Waals surface area (Å²) in [5.41, 5.74) is 2.48. The summed E-state index contributed by atoms with van der Waals surface area (Å²) in [5.74, 6) is 0.917. The molecular formula is C17H17NOS. The molecule has 3 aromatic rings. The van der Waals surface area contributed by atoms with Crippen LogP contribution in [0.5, 0.6) is 5.75 Å². The van der Waals surface area contributed by atoms with Crippen LogP contribution in [-0.4, -0.2) is 12.1 Å². The fourth-order valence-electron chi connectivity index (χ4n) is 2.26. The van der Waals surface area contributed by atoms with Crippen LogP contribution in [0, 0.1) is 0 Å². The summed E-state index contributed by atoms with van der Waals surface area (Å²) in [7, 11) is 1.70. The zero-order valence-electron chi connectivity index (χ0n) is 11.5. The van der Waals surface area contributed by atoms with E-state index in [-0.39, 0.29) is 0 Å². The number of aryl methyl sites for hydroxylation is 2. The molecule has 0 bridgehead atoms. The lowest BCUT2D eigenvalue weighted by molar-refractivity contribution is 0.414. The number of ether oxygens (including phenoxy) is 1. The number of para-hydroxylation sites is 1. The summed E-state index contributed by atoms with van der Waals surface area (Å²) >= 11 is 1.81. The lowest BCUT2D eigenvalue weighted by Gasteiger charge is -2.02. The first kappa shape index (κ1) is 13.1. The molecule has 0 unspecified atom stereocenters. The Bertz CT molecular complexity index is 655. The molecule has 20 heavy (non-hydrogen) atoms. The minimum atomic E-state index is 0.917. The molecule has 1 heterocycles. The molecule has 0 spiro atoms. The van der Waals surface area contributed by atoms with Gasteiger partial charge in [0.25, 0.3) is 0 Å². The minimum Gasteiger partial charge on any atom is -0.497 e. The van der Waals surface area contributed by atoms with Gasteiger partial charge in [0.1, 0.15) is 5.75 Å². The van der Waals surface area contributed by atoms with Crippen LogP contribution in [0.3, 0.4) is 0 Å². The maximum absolute atomic E-state index is 5.17. The van der Waals surface area contributed by atoms with Crippen molar-refractivity contribution in [1.82, 2.24) is 4.98 Å². The molecule has 2 aromatic carbocycles. The molecule has 0 aliphatic carbocycles. The van der Waals surface area contributed by atoms with Crippen molar-refractivity contribution in [2.24, 2.45) is 0 Å². The quantitative estimate of drug-likeness (QED) is 0.688. The Labute approximate surface area is 123 Å². The van der Waals surface area contributed by atoms with Gasteiger partial charge >= 0.3 is 0 Å². The van der Waals surface area contributed by atoms with Gasteiger partial charge in [-0.3, -0.25) is 0 Å². The molecule has 0 saturated heterocycles. The molecule has 2 nitrogen and oxygen atoms in total. The molecule has 0 fully saturated rings. The van der Waals surface area contributed by atoms with Crippen LogP contribution in [0.1, 0.15) is 17.0 Å². The number of fused-ring (bicyclic) bond motifs is 1. The van der Waals surface area contributed by atoms with E-state index in [0.29, 0.717) is 0 Å². The fourth-order valence-corrected chi connectivity index (χ4v) is 3.27. The first-order valence-electron chi connectivity index (χ1n) is 6.82. The van der Waals surface area contributed by atoms with Gasteiger partial charge in [0.2, 0.25) is 0 Å². The predicted molar refractivity (Wildman–Crippen MR) is 84.6 cm³/mol. The molecule has 0 amide bonds. The van der Waals surface area contributed by atoms with Crippen molar-refractivity contribution in [3.63, 3.8) is 0 Å². The van der Waals surface area contributed by atoms with Crippen LogP contribution in [0.2, 0.25) is 0 Å². The van der Waals surface area contributed by atoms with E-state index < -0.39 is 0 Å². The van der Waals surface area contributed by atoms with E-state index in [1.54, 1.807) is 7.11 Å². The zero-order valence-corrected chi connectivity index (χ0v) is 12.3. The van der Waals surface area contributed by atoms with E-state index in [2.05, 4.69) is 35.3 Å². The third-order valence-corrected chi connectivity index (χ3v) is 4.45. The zero-order chi connectivity index (χ0) is 13.8. The summed E-state index contributed by atoms with van der Waals surface area (Å²) < 4.78 is 6.45. The largest absolute Gasteiger partial charge is 0.497 e. The smallest absolute Gasteiger partial charge is 0.118 e. The van der Waals surface area contributed by atoms with Crippen LogP contribution in [0.4, 0.5) is 0 Å². The average molecular weight is 283 g/mol. The van der Waals surface area contributed by atoms with Crippen molar-refractivity contribution in [2.75, 3.05) is 7.11 Å². The first-order chi connectivity index (χ1) is 9.85. The van der Waals surface area contributed by atoms with Crippen LogP contribution < -0.4 is 4.74 Å². The van der Waals surface area contributed by atoms with Gasteiger partial charge < -0.3 is 4.74 Å². The highest BCUT2D eigenvalue weighted by Crippen LogP contribution is 2.23. The number of benzene rings is 2. The molecule has 3 rings (SSSR count). The van der Waals surface area contributed by atoms with Crippen LogP contribution in [0.15, 0.2) is 48.5 Å². The number of methoxy groups -OCH3 is 1. The Hall–Kier alpha value is -1.87. The third kappa shape index (κ3) is 2.99. The summed E-state index contributed by atoms with van der Waals surface area (Å²) in [6.45, 7) is 0. The lowest BCUT2D eigenvalue weighted by Crippen LogP contribution is -1.90. The van der Waals surface area contributed by atoms with E-state index in [4.69, 9.17) is 4.74 Å². The maximum atomic E-state index is 5.17. The average Bonchev–Trinajstić information content (AvgIpc) is 2.90. The van der Waals surface area contributed by atoms with Crippen molar-refractivity contribution in [1.29, 1.82) is 0 Å². The van der Waals surface area contributed by atoms with Crippen molar-refractivity contribution in [3.8, 4) is 5.75 Å². The van der Waals surface area contributed by atoms with E-state index in [0.717, 1.165) is 30.5 Å². The van der Waals surface area contributed by atoms with Gasteiger partial charge in [0.15, 0.2) is 0 Å². The Kier molecular flexibility index (Phi) is 3.97. The standard InChI is InChI=1S/C17H17NOS/c1-19-14-11-9-13(10-12-14)5-4-8-17-18-15-6-2-3-7-16(15)20-17/h2-3,6-7,9-12H,4-5,8H2,1H3. The van der Waals surface area contributed by atoms with Crippen LogP contribution >= 0.6 is 11.3 Å². The molecule has 0 aliphatic rings. The molecule has 0 N–H and O–H groups in total. The third-order valence-electron chi connectivity index (χ3n) is 3.35. The number of thiazole rings is 1. The highest BCUT2D eigenvalue weighted by Gasteiger charge is 2.03. The highest BCUT2D eigenvalue weighted by atomic mass is 32.1. The fraction of sp³-hybridized carbons (Fsp3) is 0.235. The second-order valence-corrected chi connectivity index (χ2v) is 5.89. The molecule has 102 valence electrons. The van der Waals surface area contributed by atoms with E-state index in [1.807, 2.05) is 29.5 Å². The number of rotatable bonds is 5. The highest BCUT2D eigenvalue weighted by molar-refractivity contribution is 7.18. The van der Waals surface area contributed by atoms with E-state index in [1.165, 1.54) is 15.3 Å². The lowest BCUT2D eigenvalue weighted by atomic mass is 10.1. The number of hydrogen-bond acceptors (Lipinski definition) is 3. The second kappa shape index (κ2) is 6.06. The van der Waals surface area contributed by atoms with Gasteiger partial charge in [0, 0.05) is 0 Å². The van der Waals surface area contributed by atoms with Gasteiger partial charge in [-0.15, -0.1) is 11.3 Å². The Morgan fingerprint density at radius 2 is 1.80 bits per heavy atom. The Morgan fingerprint density at radius 3 is 2.55 bits per heavy atom. The molecule has 0 aliphatic heterocycles. The number of aromatic nitrogens is 1. The maximum Gasteiger partial charge on any atom is 0.118 e. The van der Waals surface area contributed by atoms with Gasteiger partial charge in [-0.1, -0.05) is 24.3 Å². The summed E-state index contributed by atoms with van der Waals surface area (Å²) in [6.07, 6.45) is 3.26. The summed E-state index contributed by atoms with van der Waals surface area (Å²) in [5, 5.41) is 1.24. The van der Waals surface area contributed by atoms with Gasteiger partial charge in [-0.25, -0.2) is 4.98 Å². The van der Waals surface area contributed by atoms with Crippen molar-refractivity contribution in [3.05, 3.63) is 59.1 Å². The van der Waals surface area contributed by atoms with Gasteiger partial charge in [0.05, 0.1) is 22.3 Å². The van der Waals surface area contributed by atoms with Gasteiger partial charge in [-0.2, -0.15) is 0 Å². The van der Waals surface area contributed by atoms with Crippen molar-refractivity contribution < 1.29 is 4.74 Å². The molecule has 0 saturated carbocycles. The normalized spacial score (nSPS) is 10.8. The molecule has 3 heteroatoms. The molecular weight excluding hydrogens is 266 g/mol. The number of hydrogen-bond donors (Lipinski definition) is 0. The Balaban J connectivity index is 1.58. The summed E-state index contributed by atoms with van der Waals surface area (Å²) in [4.78, 5) is 4.67. The van der Waals surface area contributed by atoms with E-state index in [9.17, 15) is 0 Å². The Morgan fingerprint density at radius 1 is 1.00 bits per heavy atom. The van der Waals surface area contributed by atoms with Gasteiger partial charge in [-0.05, 0) is 49.1 Å². The summed E-state index contributed by atoms with van der Waals surface area (Å²) in [6, 6.07) is 16.7.